The monoisotopic (exact) mass is 346 g/mol. The van der Waals surface area contributed by atoms with Gasteiger partial charge in [0, 0.05) is 18.2 Å². The van der Waals surface area contributed by atoms with Gasteiger partial charge in [0.2, 0.25) is 0 Å². The average Bonchev–Trinajstić information content (AvgIpc) is 3.14. The van der Waals surface area contributed by atoms with Crippen LogP contribution in [-0.4, -0.2) is 45.5 Å². The molecule has 130 valence electrons. The number of hydrogen-bond acceptors (Lipinski definition) is 7. The number of ether oxygens (including phenoxy) is 1. The number of amides is 3. The average molecular weight is 346 g/mol. The van der Waals surface area contributed by atoms with Gasteiger partial charge in [-0.1, -0.05) is 6.07 Å². The Morgan fingerprint density at radius 1 is 1.24 bits per heavy atom. The molecule has 0 saturated carbocycles. The number of carbonyl (C=O) groups excluding carboxylic acids is 4. The molecule has 0 atom stereocenters. The zero-order valence-electron chi connectivity index (χ0n) is 13.2. The summed E-state index contributed by atoms with van der Waals surface area (Å²) in [5.74, 6) is -1.15. The zero-order chi connectivity index (χ0) is 18.0. The van der Waals surface area contributed by atoms with Gasteiger partial charge in [-0.25, -0.2) is 9.59 Å². The van der Waals surface area contributed by atoms with E-state index in [1.807, 2.05) is 0 Å². The van der Waals surface area contributed by atoms with Crippen LogP contribution in [0.2, 0.25) is 0 Å². The highest BCUT2D eigenvalue weighted by Crippen LogP contribution is 2.24. The maximum atomic E-state index is 11.9. The van der Waals surface area contributed by atoms with E-state index in [0.29, 0.717) is 21.7 Å². The molecule has 3 rings (SSSR count). The summed E-state index contributed by atoms with van der Waals surface area (Å²) in [4.78, 5) is 51.5. The first-order valence-electron chi connectivity index (χ1n) is 7.50. The van der Waals surface area contributed by atoms with Crippen LogP contribution in [0.5, 0.6) is 0 Å². The summed E-state index contributed by atoms with van der Waals surface area (Å²) in [6.45, 7) is 1.87. The number of imide groups is 1. The van der Waals surface area contributed by atoms with Gasteiger partial charge in [0.05, 0.1) is 24.0 Å². The molecule has 1 aliphatic heterocycles. The van der Waals surface area contributed by atoms with Crippen LogP contribution in [0.15, 0.2) is 24.4 Å². The number of aromatic nitrogens is 2. The lowest BCUT2D eigenvalue weighted by Crippen LogP contribution is -2.33. The molecule has 2 heterocycles. The highest BCUT2D eigenvalue weighted by Gasteiger charge is 2.33. The van der Waals surface area contributed by atoms with Crippen molar-refractivity contribution in [2.75, 3.05) is 11.9 Å². The van der Waals surface area contributed by atoms with E-state index >= 15 is 0 Å². The number of rotatable bonds is 3. The Morgan fingerprint density at radius 2 is 1.96 bits per heavy atom. The van der Waals surface area contributed by atoms with Gasteiger partial charge in [0.15, 0.2) is 0 Å². The first kappa shape index (κ1) is 16.4. The quantitative estimate of drug-likeness (QED) is 0.839. The molecule has 0 aliphatic carbocycles. The smallest absolute Gasteiger partial charge is 0.436 e. The van der Waals surface area contributed by atoms with Crippen LogP contribution < -0.4 is 5.32 Å². The van der Waals surface area contributed by atoms with E-state index in [9.17, 15) is 19.2 Å². The fourth-order valence-electron chi connectivity index (χ4n) is 2.36. The summed E-state index contributed by atoms with van der Waals surface area (Å²) in [7, 11) is 0. The fourth-order valence-corrected chi connectivity index (χ4v) is 2.36. The molecular weight excluding hydrogens is 332 g/mol. The third-order valence-electron chi connectivity index (χ3n) is 3.47. The van der Waals surface area contributed by atoms with Gasteiger partial charge >= 0.3 is 12.2 Å². The molecule has 0 spiro atoms. The fraction of sp³-hybridized carbons (Fsp3) is 0.267. The molecule has 3 amide bonds. The van der Waals surface area contributed by atoms with Crippen LogP contribution in [0, 0.1) is 0 Å². The Morgan fingerprint density at radius 3 is 2.64 bits per heavy atom. The molecule has 1 aromatic carbocycles. The van der Waals surface area contributed by atoms with Crippen LogP contribution in [0.4, 0.5) is 15.3 Å². The minimum atomic E-state index is -1.00. The van der Waals surface area contributed by atoms with Crippen molar-refractivity contribution in [2.24, 2.45) is 0 Å². The van der Waals surface area contributed by atoms with E-state index in [1.54, 1.807) is 25.1 Å². The summed E-state index contributed by atoms with van der Waals surface area (Å²) in [5, 5.41) is 7.27. The maximum Gasteiger partial charge on any atom is 0.436 e. The molecule has 0 bridgehead atoms. The second-order valence-corrected chi connectivity index (χ2v) is 5.08. The maximum absolute atomic E-state index is 11.9. The molecule has 1 aromatic heterocycles. The SMILES string of the molecule is CCOC(=O)n1ncc2c(NC(=O)ON3C(=O)CCC3=O)cccc21. The topological polar surface area (TPSA) is 120 Å². The van der Waals surface area contributed by atoms with E-state index in [-0.39, 0.29) is 19.4 Å². The van der Waals surface area contributed by atoms with Crippen LogP contribution in [-0.2, 0) is 19.2 Å². The second-order valence-electron chi connectivity index (χ2n) is 5.08. The normalized spacial score (nSPS) is 14.0. The molecule has 10 nitrogen and oxygen atoms in total. The van der Waals surface area contributed by atoms with Crippen molar-refractivity contribution in [3.05, 3.63) is 24.4 Å². The zero-order valence-corrected chi connectivity index (χ0v) is 13.2. The standard InChI is InChI=1S/C15H14N4O6/c1-2-24-15(23)18-11-5-3-4-10(9(11)8-16-18)17-14(22)25-19-12(20)6-7-13(19)21/h3-5,8H,2,6-7H2,1H3,(H,17,22). The number of fused-ring (bicyclic) bond motifs is 1. The highest BCUT2D eigenvalue weighted by molar-refractivity contribution is 6.04. The molecule has 1 N–H and O–H groups in total. The lowest BCUT2D eigenvalue weighted by molar-refractivity contribution is -0.170. The van der Waals surface area contributed by atoms with Gasteiger partial charge in [-0.2, -0.15) is 9.78 Å². The second kappa shape index (κ2) is 6.59. The summed E-state index contributed by atoms with van der Waals surface area (Å²) in [6.07, 6.45) is -0.249. The van der Waals surface area contributed by atoms with Crippen LogP contribution in [0.1, 0.15) is 19.8 Å². The van der Waals surface area contributed by atoms with Gasteiger partial charge in [0.1, 0.15) is 0 Å². The Labute approximate surface area is 141 Å². The highest BCUT2D eigenvalue weighted by atomic mass is 16.7. The summed E-state index contributed by atoms with van der Waals surface area (Å²) >= 11 is 0. The predicted molar refractivity (Wildman–Crippen MR) is 83.3 cm³/mol. The Balaban J connectivity index is 1.80. The molecule has 10 heteroatoms. The number of hydrogen-bond donors (Lipinski definition) is 1. The van der Waals surface area contributed by atoms with Crippen molar-refractivity contribution in [2.45, 2.75) is 19.8 Å². The molecule has 1 fully saturated rings. The number of hydroxylamine groups is 2. The number of nitrogens with one attached hydrogen (secondary N) is 1. The molecule has 0 unspecified atom stereocenters. The lowest BCUT2D eigenvalue weighted by Gasteiger charge is -2.13. The predicted octanol–water partition coefficient (Wildman–Crippen LogP) is 1.65. The largest absolute Gasteiger partial charge is 0.448 e. The summed E-state index contributed by atoms with van der Waals surface area (Å²) in [6, 6.07) is 4.79. The molecule has 1 saturated heterocycles. The first-order valence-corrected chi connectivity index (χ1v) is 7.50. The minimum absolute atomic E-state index is 0.00794. The number of anilines is 1. The third-order valence-corrected chi connectivity index (χ3v) is 3.47. The minimum Gasteiger partial charge on any atom is -0.448 e. The summed E-state index contributed by atoms with van der Waals surface area (Å²) < 4.78 is 5.95. The van der Waals surface area contributed by atoms with Gasteiger partial charge in [-0.3, -0.25) is 14.9 Å². The van der Waals surface area contributed by atoms with Crippen LogP contribution in [0.25, 0.3) is 10.9 Å². The number of benzene rings is 1. The Bertz CT molecular complexity index is 858. The third kappa shape index (κ3) is 3.13. The number of carbonyl (C=O) groups is 4. The molecule has 1 aliphatic rings. The van der Waals surface area contributed by atoms with Crippen LogP contribution in [0.3, 0.4) is 0 Å². The van der Waals surface area contributed by atoms with E-state index < -0.39 is 24.0 Å². The van der Waals surface area contributed by atoms with E-state index in [2.05, 4.69) is 10.4 Å². The summed E-state index contributed by atoms with van der Waals surface area (Å²) in [5.41, 5.74) is 0.724. The molecule has 25 heavy (non-hydrogen) atoms. The molecule has 2 aromatic rings. The first-order chi connectivity index (χ1) is 12.0. The van der Waals surface area contributed by atoms with Crippen molar-refractivity contribution in [3.63, 3.8) is 0 Å². The van der Waals surface area contributed by atoms with Crippen molar-refractivity contribution in [1.82, 2.24) is 14.8 Å². The van der Waals surface area contributed by atoms with Gasteiger partial charge in [-0.05, 0) is 19.1 Å². The number of nitrogens with zero attached hydrogens (tertiary/aromatic N) is 3. The van der Waals surface area contributed by atoms with Crippen molar-refractivity contribution >= 4 is 40.6 Å². The van der Waals surface area contributed by atoms with E-state index in [0.717, 1.165) is 4.68 Å². The van der Waals surface area contributed by atoms with Gasteiger partial charge in [0.25, 0.3) is 11.8 Å². The molecular formula is C15H14N4O6. The van der Waals surface area contributed by atoms with E-state index in [1.165, 1.54) is 6.20 Å². The van der Waals surface area contributed by atoms with Crippen molar-refractivity contribution in [1.29, 1.82) is 0 Å². The van der Waals surface area contributed by atoms with Gasteiger partial charge < -0.3 is 9.57 Å². The Hall–Kier alpha value is -3.43. The van der Waals surface area contributed by atoms with Crippen LogP contribution >= 0.6 is 0 Å². The van der Waals surface area contributed by atoms with Crippen molar-refractivity contribution in [3.8, 4) is 0 Å². The van der Waals surface area contributed by atoms with Gasteiger partial charge in [-0.15, -0.1) is 5.06 Å². The Kier molecular flexibility index (Phi) is 4.33. The molecule has 0 radical (unpaired) electrons. The lowest BCUT2D eigenvalue weighted by atomic mass is 10.2. The van der Waals surface area contributed by atoms with Crippen molar-refractivity contribution < 1.29 is 28.8 Å². The van der Waals surface area contributed by atoms with E-state index in [4.69, 9.17) is 9.57 Å².